The van der Waals surface area contributed by atoms with Crippen molar-refractivity contribution in [1.29, 1.82) is 0 Å². The fraction of sp³-hybridized carbons (Fsp3) is 0.333. The molecule has 1 heterocycles. The SMILES string of the molecule is CC(=O)N1CCc2cccc(C(=O)O)c2C1. The topological polar surface area (TPSA) is 57.6 Å². The maximum absolute atomic E-state index is 11.3. The van der Waals surface area contributed by atoms with Crippen molar-refractivity contribution in [3.63, 3.8) is 0 Å². The van der Waals surface area contributed by atoms with E-state index in [1.165, 1.54) is 6.92 Å². The summed E-state index contributed by atoms with van der Waals surface area (Å²) in [4.78, 5) is 24.0. The molecular formula is C12H13NO3. The van der Waals surface area contributed by atoms with E-state index in [9.17, 15) is 9.59 Å². The highest BCUT2D eigenvalue weighted by atomic mass is 16.4. The van der Waals surface area contributed by atoms with Crippen molar-refractivity contribution in [2.24, 2.45) is 0 Å². The van der Waals surface area contributed by atoms with Gasteiger partial charge in [-0.15, -0.1) is 0 Å². The summed E-state index contributed by atoms with van der Waals surface area (Å²) in [5.74, 6) is -0.937. The Morgan fingerprint density at radius 3 is 2.75 bits per heavy atom. The van der Waals surface area contributed by atoms with Crippen molar-refractivity contribution in [1.82, 2.24) is 4.90 Å². The van der Waals surface area contributed by atoms with Crippen LogP contribution in [0.2, 0.25) is 0 Å². The number of rotatable bonds is 1. The predicted octanol–water partition coefficient (Wildman–Crippen LogP) is 1.29. The number of aromatic carboxylic acids is 1. The van der Waals surface area contributed by atoms with Crippen LogP contribution in [-0.2, 0) is 17.8 Å². The Morgan fingerprint density at radius 2 is 2.12 bits per heavy atom. The Labute approximate surface area is 93.5 Å². The number of hydrogen-bond acceptors (Lipinski definition) is 2. The average molecular weight is 219 g/mol. The van der Waals surface area contributed by atoms with E-state index < -0.39 is 5.97 Å². The first-order chi connectivity index (χ1) is 7.59. The molecule has 84 valence electrons. The van der Waals surface area contributed by atoms with E-state index in [0.717, 1.165) is 17.5 Å². The quantitative estimate of drug-likeness (QED) is 0.774. The van der Waals surface area contributed by atoms with Gasteiger partial charge in [0.05, 0.1) is 5.56 Å². The Balaban J connectivity index is 2.41. The van der Waals surface area contributed by atoms with Crippen molar-refractivity contribution in [3.8, 4) is 0 Å². The molecule has 4 heteroatoms. The van der Waals surface area contributed by atoms with Crippen LogP contribution in [0.3, 0.4) is 0 Å². The second-order valence-corrected chi connectivity index (χ2v) is 3.94. The monoisotopic (exact) mass is 219 g/mol. The number of carbonyl (C=O) groups is 2. The van der Waals surface area contributed by atoms with Crippen molar-refractivity contribution < 1.29 is 14.7 Å². The van der Waals surface area contributed by atoms with Crippen LogP contribution in [0.25, 0.3) is 0 Å². The van der Waals surface area contributed by atoms with E-state index in [1.54, 1.807) is 17.0 Å². The second kappa shape index (κ2) is 3.96. The molecule has 0 fully saturated rings. The van der Waals surface area contributed by atoms with Gasteiger partial charge in [-0.25, -0.2) is 4.79 Å². The second-order valence-electron chi connectivity index (χ2n) is 3.94. The molecule has 1 amide bonds. The highest BCUT2D eigenvalue weighted by Gasteiger charge is 2.22. The fourth-order valence-corrected chi connectivity index (χ4v) is 2.05. The van der Waals surface area contributed by atoms with Gasteiger partial charge in [0.1, 0.15) is 0 Å². The van der Waals surface area contributed by atoms with Crippen molar-refractivity contribution in [3.05, 3.63) is 34.9 Å². The summed E-state index contributed by atoms with van der Waals surface area (Å²) in [6.45, 7) is 2.59. The molecule has 1 aliphatic heterocycles. The van der Waals surface area contributed by atoms with Gasteiger partial charge in [0.15, 0.2) is 0 Å². The Hall–Kier alpha value is -1.84. The molecule has 16 heavy (non-hydrogen) atoms. The van der Waals surface area contributed by atoms with E-state index in [2.05, 4.69) is 0 Å². The normalized spacial score (nSPS) is 14.4. The summed E-state index contributed by atoms with van der Waals surface area (Å²) < 4.78 is 0. The first-order valence-electron chi connectivity index (χ1n) is 5.19. The van der Waals surface area contributed by atoms with E-state index in [1.807, 2.05) is 6.07 Å². The number of carboxylic acids is 1. The molecule has 1 aliphatic rings. The van der Waals surface area contributed by atoms with Gasteiger partial charge in [0.25, 0.3) is 0 Å². The van der Waals surface area contributed by atoms with E-state index in [-0.39, 0.29) is 5.91 Å². The summed E-state index contributed by atoms with van der Waals surface area (Å²) in [6.07, 6.45) is 0.732. The molecule has 0 bridgehead atoms. The first kappa shape index (κ1) is 10.7. The lowest BCUT2D eigenvalue weighted by atomic mass is 9.95. The molecular weight excluding hydrogens is 206 g/mol. The number of carbonyl (C=O) groups excluding carboxylic acids is 1. The summed E-state index contributed by atoms with van der Waals surface area (Å²) >= 11 is 0. The Kier molecular flexibility index (Phi) is 2.64. The van der Waals surface area contributed by atoms with Crippen LogP contribution in [0.5, 0.6) is 0 Å². The number of hydrogen-bond donors (Lipinski definition) is 1. The number of carboxylic acid groups (broad SMARTS) is 1. The van der Waals surface area contributed by atoms with Crippen molar-refractivity contribution >= 4 is 11.9 Å². The van der Waals surface area contributed by atoms with Gasteiger partial charge in [-0.1, -0.05) is 12.1 Å². The third kappa shape index (κ3) is 1.78. The molecule has 0 spiro atoms. The van der Waals surface area contributed by atoms with Crippen molar-refractivity contribution in [2.75, 3.05) is 6.54 Å². The molecule has 1 aromatic rings. The number of nitrogens with zero attached hydrogens (tertiary/aromatic N) is 1. The molecule has 0 aromatic heterocycles. The molecule has 0 radical (unpaired) electrons. The highest BCUT2D eigenvalue weighted by Crippen LogP contribution is 2.22. The van der Waals surface area contributed by atoms with E-state index in [4.69, 9.17) is 5.11 Å². The Morgan fingerprint density at radius 1 is 1.38 bits per heavy atom. The molecule has 0 saturated heterocycles. The standard InChI is InChI=1S/C12H13NO3/c1-8(14)13-6-5-9-3-2-4-10(12(15)16)11(9)7-13/h2-4H,5-7H2,1H3,(H,15,16). The molecule has 1 N–H and O–H groups in total. The number of fused-ring (bicyclic) bond motifs is 1. The van der Waals surface area contributed by atoms with Crippen LogP contribution in [-0.4, -0.2) is 28.4 Å². The van der Waals surface area contributed by atoms with Gasteiger partial charge in [0, 0.05) is 20.0 Å². The van der Waals surface area contributed by atoms with E-state index in [0.29, 0.717) is 18.7 Å². The minimum Gasteiger partial charge on any atom is -0.478 e. The smallest absolute Gasteiger partial charge is 0.336 e. The number of benzene rings is 1. The lowest BCUT2D eigenvalue weighted by Gasteiger charge is -2.28. The molecule has 4 nitrogen and oxygen atoms in total. The largest absolute Gasteiger partial charge is 0.478 e. The zero-order valence-electron chi connectivity index (χ0n) is 9.06. The summed E-state index contributed by atoms with van der Waals surface area (Å²) in [7, 11) is 0. The molecule has 0 atom stereocenters. The highest BCUT2D eigenvalue weighted by molar-refractivity contribution is 5.90. The predicted molar refractivity (Wildman–Crippen MR) is 58.2 cm³/mol. The van der Waals surface area contributed by atoms with Gasteiger partial charge in [-0.05, 0) is 23.6 Å². The van der Waals surface area contributed by atoms with Gasteiger partial charge in [-0.2, -0.15) is 0 Å². The molecule has 1 aromatic carbocycles. The molecule has 0 aliphatic carbocycles. The average Bonchev–Trinajstić information content (AvgIpc) is 2.27. The summed E-state index contributed by atoms with van der Waals surface area (Å²) in [6, 6.07) is 5.27. The van der Waals surface area contributed by atoms with Gasteiger partial charge in [0.2, 0.25) is 5.91 Å². The molecule has 0 saturated carbocycles. The van der Waals surface area contributed by atoms with Crippen LogP contribution in [0, 0.1) is 0 Å². The lowest BCUT2D eigenvalue weighted by Crippen LogP contribution is -2.35. The third-order valence-corrected chi connectivity index (χ3v) is 2.95. The summed E-state index contributed by atoms with van der Waals surface area (Å²) in [5.41, 5.74) is 2.12. The lowest BCUT2D eigenvalue weighted by molar-refractivity contribution is -0.129. The fourth-order valence-electron chi connectivity index (χ4n) is 2.05. The van der Waals surface area contributed by atoms with Crippen LogP contribution in [0.1, 0.15) is 28.4 Å². The third-order valence-electron chi connectivity index (χ3n) is 2.95. The van der Waals surface area contributed by atoms with Crippen LogP contribution in [0.15, 0.2) is 18.2 Å². The minimum absolute atomic E-state index is 0.00848. The maximum Gasteiger partial charge on any atom is 0.336 e. The molecule has 2 rings (SSSR count). The van der Waals surface area contributed by atoms with Crippen molar-refractivity contribution in [2.45, 2.75) is 19.9 Å². The van der Waals surface area contributed by atoms with E-state index >= 15 is 0 Å². The van der Waals surface area contributed by atoms with Gasteiger partial charge < -0.3 is 10.0 Å². The zero-order valence-corrected chi connectivity index (χ0v) is 9.06. The zero-order chi connectivity index (χ0) is 11.7. The Bertz CT molecular complexity index is 454. The summed E-state index contributed by atoms with van der Waals surface area (Å²) in [5, 5.41) is 9.06. The number of amides is 1. The maximum atomic E-state index is 11.3. The van der Waals surface area contributed by atoms with Crippen LogP contribution >= 0.6 is 0 Å². The van der Waals surface area contributed by atoms with Crippen LogP contribution in [0.4, 0.5) is 0 Å². The van der Waals surface area contributed by atoms with Crippen LogP contribution < -0.4 is 0 Å². The van der Waals surface area contributed by atoms with Gasteiger partial charge in [-0.3, -0.25) is 4.79 Å². The van der Waals surface area contributed by atoms with Gasteiger partial charge >= 0.3 is 5.97 Å². The molecule has 0 unspecified atom stereocenters. The first-order valence-corrected chi connectivity index (χ1v) is 5.19. The minimum atomic E-state index is -0.928.